The fourth-order valence-electron chi connectivity index (χ4n) is 5.35. The maximum absolute atomic E-state index is 13.3. The largest absolute Gasteiger partial charge is 0.496 e. The Labute approximate surface area is 225 Å². The first-order chi connectivity index (χ1) is 18.5. The zero-order chi connectivity index (χ0) is 26.5. The SMILES string of the molecule is COc1ccc(N2CCN(C)CC2)c2c1CCN(C(=O)Cc1ccc(NC(=O)Cc3ccccc3)cc1)C2. The molecule has 2 amide bonds. The maximum Gasteiger partial charge on any atom is 0.228 e. The summed E-state index contributed by atoms with van der Waals surface area (Å²) in [6, 6.07) is 21.5. The predicted molar refractivity (Wildman–Crippen MR) is 151 cm³/mol. The fraction of sp³-hybridized carbons (Fsp3) is 0.355. The summed E-state index contributed by atoms with van der Waals surface area (Å²) >= 11 is 0. The smallest absolute Gasteiger partial charge is 0.228 e. The van der Waals surface area contributed by atoms with Crippen LogP contribution >= 0.6 is 0 Å². The van der Waals surface area contributed by atoms with E-state index in [9.17, 15) is 9.59 Å². The summed E-state index contributed by atoms with van der Waals surface area (Å²) in [6.45, 7) is 5.32. The van der Waals surface area contributed by atoms with Crippen molar-refractivity contribution in [1.29, 1.82) is 0 Å². The number of fused-ring (bicyclic) bond motifs is 1. The number of hydrogen-bond acceptors (Lipinski definition) is 5. The number of anilines is 2. The van der Waals surface area contributed by atoms with Crippen LogP contribution < -0.4 is 15.0 Å². The first kappa shape index (κ1) is 25.8. The summed E-state index contributed by atoms with van der Waals surface area (Å²) in [6.07, 6.45) is 1.46. The van der Waals surface area contributed by atoms with Gasteiger partial charge in [0.1, 0.15) is 5.75 Å². The molecule has 3 aromatic carbocycles. The molecule has 1 N–H and O–H groups in total. The van der Waals surface area contributed by atoms with Crippen LogP contribution in [-0.4, -0.2) is 68.5 Å². The zero-order valence-corrected chi connectivity index (χ0v) is 22.3. The van der Waals surface area contributed by atoms with Gasteiger partial charge in [-0.2, -0.15) is 0 Å². The van der Waals surface area contributed by atoms with Gasteiger partial charge in [0.25, 0.3) is 0 Å². The van der Waals surface area contributed by atoms with Crippen LogP contribution in [0.1, 0.15) is 22.3 Å². The summed E-state index contributed by atoms with van der Waals surface area (Å²) in [5.41, 5.74) is 6.31. The van der Waals surface area contributed by atoms with E-state index in [1.54, 1.807) is 7.11 Å². The van der Waals surface area contributed by atoms with Gasteiger partial charge >= 0.3 is 0 Å². The van der Waals surface area contributed by atoms with Crippen LogP contribution in [0.15, 0.2) is 66.7 Å². The van der Waals surface area contributed by atoms with E-state index in [0.717, 1.165) is 55.2 Å². The number of benzene rings is 3. The lowest BCUT2D eigenvalue weighted by molar-refractivity contribution is -0.131. The summed E-state index contributed by atoms with van der Waals surface area (Å²) in [5.74, 6) is 0.970. The van der Waals surface area contributed by atoms with Gasteiger partial charge in [-0.3, -0.25) is 9.59 Å². The van der Waals surface area contributed by atoms with E-state index >= 15 is 0 Å². The molecule has 0 unspecified atom stereocenters. The monoisotopic (exact) mass is 512 g/mol. The van der Waals surface area contributed by atoms with Crippen molar-refractivity contribution in [2.24, 2.45) is 0 Å². The topological polar surface area (TPSA) is 65.1 Å². The van der Waals surface area contributed by atoms with Crippen molar-refractivity contribution in [3.8, 4) is 5.75 Å². The Bertz CT molecular complexity index is 1270. The Kier molecular flexibility index (Phi) is 7.94. The van der Waals surface area contributed by atoms with Gasteiger partial charge in [-0.1, -0.05) is 42.5 Å². The molecule has 2 aliphatic rings. The Balaban J connectivity index is 1.22. The summed E-state index contributed by atoms with van der Waals surface area (Å²) in [5, 5.41) is 2.94. The van der Waals surface area contributed by atoms with Gasteiger partial charge < -0.3 is 24.8 Å². The fourth-order valence-corrected chi connectivity index (χ4v) is 5.35. The molecule has 0 atom stereocenters. The lowest BCUT2D eigenvalue weighted by Gasteiger charge is -2.38. The van der Waals surface area contributed by atoms with E-state index in [1.807, 2.05) is 59.5 Å². The van der Waals surface area contributed by atoms with Crippen molar-refractivity contribution >= 4 is 23.2 Å². The molecule has 2 aliphatic heterocycles. The maximum atomic E-state index is 13.3. The number of amides is 2. The van der Waals surface area contributed by atoms with Gasteiger partial charge in [-0.25, -0.2) is 0 Å². The number of likely N-dealkylation sites (N-methyl/N-ethyl adjacent to an activating group) is 1. The van der Waals surface area contributed by atoms with Crippen LogP contribution in [0, 0.1) is 0 Å². The lowest BCUT2D eigenvalue weighted by atomic mass is 9.95. The van der Waals surface area contributed by atoms with E-state index in [2.05, 4.69) is 34.3 Å². The Morgan fingerprint density at radius 1 is 0.816 bits per heavy atom. The third kappa shape index (κ3) is 6.00. The minimum absolute atomic E-state index is 0.0569. The van der Waals surface area contributed by atoms with Gasteiger partial charge in [0.2, 0.25) is 11.8 Å². The number of hydrogen-bond donors (Lipinski definition) is 1. The van der Waals surface area contributed by atoms with Gasteiger partial charge in [-0.05, 0) is 48.9 Å². The van der Waals surface area contributed by atoms with Gasteiger partial charge in [-0.15, -0.1) is 0 Å². The molecule has 5 rings (SSSR count). The van der Waals surface area contributed by atoms with E-state index in [1.165, 1.54) is 16.8 Å². The average molecular weight is 513 g/mol. The lowest BCUT2D eigenvalue weighted by Crippen LogP contribution is -2.45. The number of rotatable bonds is 7. The highest BCUT2D eigenvalue weighted by atomic mass is 16.5. The number of nitrogens with one attached hydrogen (secondary N) is 1. The molecule has 0 aromatic heterocycles. The second-order valence-corrected chi connectivity index (χ2v) is 10.2. The van der Waals surface area contributed by atoms with E-state index in [0.29, 0.717) is 25.9 Å². The number of nitrogens with zero attached hydrogens (tertiary/aromatic N) is 3. The van der Waals surface area contributed by atoms with Crippen LogP contribution in [-0.2, 0) is 35.4 Å². The van der Waals surface area contributed by atoms with E-state index in [4.69, 9.17) is 4.74 Å². The number of ether oxygens (including phenoxy) is 1. The second-order valence-electron chi connectivity index (χ2n) is 10.2. The highest BCUT2D eigenvalue weighted by molar-refractivity contribution is 5.92. The molecule has 0 bridgehead atoms. The van der Waals surface area contributed by atoms with Crippen molar-refractivity contribution in [3.63, 3.8) is 0 Å². The number of carbonyl (C=O) groups excluding carboxylic acids is 2. The first-order valence-corrected chi connectivity index (χ1v) is 13.3. The summed E-state index contributed by atoms with van der Waals surface area (Å²) < 4.78 is 5.68. The number of piperazine rings is 1. The van der Waals surface area contributed by atoms with Crippen LogP contribution in [0.4, 0.5) is 11.4 Å². The third-order valence-electron chi connectivity index (χ3n) is 7.56. The molecule has 3 aromatic rings. The van der Waals surface area contributed by atoms with E-state index in [-0.39, 0.29) is 11.8 Å². The zero-order valence-electron chi connectivity index (χ0n) is 22.3. The average Bonchev–Trinajstić information content (AvgIpc) is 2.94. The molecular formula is C31H36N4O3. The molecule has 198 valence electrons. The minimum atomic E-state index is -0.0569. The molecule has 0 saturated carbocycles. The molecule has 1 fully saturated rings. The molecule has 7 heteroatoms. The Hall–Kier alpha value is -3.84. The van der Waals surface area contributed by atoms with Crippen LogP contribution in [0.2, 0.25) is 0 Å². The van der Waals surface area contributed by atoms with E-state index < -0.39 is 0 Å². The predicted octanol–water partition coefficient (Wildman–Crippen LogP) is 3.76. The molecular weight excluding hydrogens is 476 g/mol. The molecule has 7 nitrogen and oxygen atoms in total. The van der Waals surface area contributed by atoms with Crippen LogP contribution in [0.3, 0.4) is 0 Å². The molecule has 38 heavy (non-hydrogen) atoms. The van der Waals surface area contributed by atoms with Crippen molar-refractivity contribution < 1.29 is 14.3 Å². The van der Waals surface area contributed by atoms with Crippen LogP contribution in [0.5, 0.6) is 5.75 Å². The Morgan fingerprint density at radius 2 is 1.53 bits per heavy atom. The molecule has 2 heterocycles. The first-order valence-electron chi connectivity index (χ1n) is 13.3. The van der Waals surface area contributed by atoms with Gasteiger partial charge in [0.15, 0.2) is 0 Å². The normalized spacial score (nSPS) is 15.6. The van der Waals surface area contributed by atoms with Crippen molar-refractivity contribution in [3.05, 3.63) is 89.0 Å². The third-order valence-corrected chi connectivity index (χ3v) is 7.56. The number of carbonyl (C=O) groups is 2. The highest BCUT2D eigenvalue weighted by Crippen LogP contribution is 2.36. The summed E-state index contributed by atoms with van der Waals surface area (Å²) in [7, 11) is 3.88. The highest BCUT2D eigenvalue weighted by Gasteiger charge is 2.28. The van der Waals surface area contributed by atoms with Gasteiger partial charge in [0.05, 0.1) is 20.0 Å². The molecule has 1 saturated heterocycles. The minimum Gasteiger partial charge on any atom is -0.496 e. The number of methoxy groups -OCH3 is 1. The molecule has 0 aliphatic carbocycles. The summed E-state index contributed by atoms with van der Waals surface area (Å²) in [4.78, 5) is 32.5. The Morgan fingerprint density at radius 3 is 2.24 bits per heavy atom. The van der Waals surface area contributed by atoms with Crippen molar-refractivity contribution in [2.75, 3.05) is 57.1 Å². The van der Waals surface area contributed by atoms with Crippen LogP contribution in [0.25, 0.3) is 0 Å². The van der Waals surface area contributed by atoms with Crippen molar-refractivity contribution in [2.45, 2.75) is 25.8 Å². The second kappa shape index (κ2) is 11.7. The van der Waals surface area contributed by atoms with Gasteiger partial charge in [0, 0.05) is 61.8 Å². The quantitative estimate of drug-likeness (QED) is 0.522. The van der Waals surface area contributed by atoms with Crippen molar-refractivity contribution in [1.82, 2.24) is 9.80 Å². The molecule has 0 spiro atoms. The molecule has 0 radical (unpaired) electrons. The standard InChI is InChI=1S/C31H36N4O3/c1-33-16-18-34(19-17-33)28-12-13-29(38-2)26-14-15-35(22-27(26)28)31(37)21-24-8-10-25(11-9-24)32-30(36)20-23-6-4-3-5-7-23/h3-13H,14-22H2,1-2H3,(H,32,36).